The van der Waals surface area contributed by atoms with Crippen molar-refractivity contribution in [3.05, 3.63) is 35.6 Å². The van der Waals surface area contributed by atoms with Crippen LogP contribution in [0, 0.1) is 17.1 Å². The highest BCUT2D eigenvalue weighted by Gasteiger charge is 2.18. The molecule has 5 heteroatoms. The number of rotatable bonds is 2. The summed E-state index contributed by atoms with van der Waals surface area (Å²) in [6.45, 7) is 0. The van der Waals surface area contributed by atoms with Crippen molar-refractivity contribution in [2.75, 3.05) is 0 Å². The van der Waals surface area contributed by atoms with Gasteiger partial charge in [0.2, 0.25) is 11.7 Å². The SMILES string of the molecule is N#CCC1=NC(c2ccccc2F)=N[NH2+]1. The van der Waals surface area contributed by atoms with Crippen LogP contribution in [0.15, 0.2) is 34.4 Å². The Balaban J connectivity index is 2.28. The molecule has 4 nitrogen and oxygen atoms in total. The summed E-state index contributed by atoms with van der Waals surface area (Å²) in [7, 11) is 0. The van der Waals surface area contributed by atoms with Crippen LogP contribution in [0.4, 0.5) is 4.39 Å². The van der Waals surface area contributed by atoms with E-state index in [-0.39, 0.29) is 12.2 Å². The van der Waals surface area contributed by atoms with Gasteiger partial charge in [0.25, 0.3) is 0 Å². The van der Waals surface area contributed by atoms with E-state index in [9.17, 15) is 4.39 Å². The molecule has 1 aliphatic heterocycles. The van der Waals surface area contributed by atoms with Gasteiger partial charge in [0.15, 0.2) is 0 Å². The summed E-state index contributed by atoms with van der Waals surface area (Å²) in [4.78, 5) is 4.06. The van der Waals surface area contributed by atoms with Gasteiger partial charge in [-0.05, 0) is 12.1 Å². The number of benzene rings is 1. The Morgan fingerprint density at radius 2 is 2.20 bits per heavy atom. The molecule has 2 rings (SSSR count). The van der Waals surface area contributed by atoms with Crippen molar-refractivity contribution in [1.82, 2.24) is 0 Å². The lowest BCUT2D eigenvalue weighted by Crippen LogP contribution is -2.80. The van der Waals surface area contributed by atoms with Crippen LogP contribution in [0.3, 0.4) is 0 Å². The standard InChI is InChI=1S/C10H7FN4/c11-8-4-2-1-3-7(8)10-13-9(5-6-12)14-15-10/h1-4H,5H2,(H,13,14,15)/p+1. The minimum absolute atomic E-state index is 0.196. The second kappa shape index (κ2) is 3.98. The maximum absolute atomic E-state index is 13.3. The lowest BCUT2D eigenvalue weighted by atomic mass is 10.2. The summed E-state index contributed by atoms with van der Waals surface area (Å²) < 4.78 is 13.3. The normalized spacial score (nSPS) is 14.4. The van der Waals surface area contributed by atoms with Crippen LogP contribution in [0.25, 0.3) is 0 Å². The minimum Gasteiger partial charge on any atom is -0.206 e. The van der Waals surface area contributed by atoms with Crippen LogP contribution in [0.1, 0.15) is 12.0 Å². The van der Waals surface area contributed by atoms with Crippen LogP contribution < -0.4 is 5.43 Å². The lowest BCUT2D eigenvalue weighted by molar-refractivity contribution is -0.543. The summed E-state index contributed by atoms with van der Waals surface area (Å²) in [6, 6.07) is 8.27. The van der Waals surface area contributed by atoms with E-state index in [0.29, 0.717) is 17.2 Å². The number of amidine groups is 2. The van der Waals surface area contributed by atoms with Crippen molar-refractivity contribution >= 4 is 11.7 Å². The number of quaternary nitrogens is 1. The van der Waals surface area contributed by atoms with Crippen molar-refractivity contribution in [2.45, 2.75) is 6.42 Å². The molecular weight excluding hydrogens is 195 g/mol. The topological polar surface area (TPSA) is 65.1 Å². The fraction of sp³-hybridized carbons (Fsp3) is 0.100. The van der Waals surface area contributed by atoms with Crippen molar-refractivity contribution in [3.8, 4) is 6.07 Å². The summed E-state index contributed by atoms with van der Waals surface area (Å²) in [5.74, 6) is 0.542. The van der Waals surface area contributed by atoms with Crippen LogP contribution >= 0.6 is 0 Å². The molecular formula is C10H8FN4+. The number of nitrogens with two attached hydrogens (primary N) is 1. The molecule has 0 bridgehead atoms. The van der Waals surface area contributed by atoms with E-state index >= 15 is 0 Å². The molecule has 0 radical (unpaired) electrons. The van der Waals surface area contributed by atoms with E-state index in [4.69, 9.17) is 5.26 Å². The molecule has 0 aromatic heterocycles. The molecule has 0 aliphatic carbocycles. The predicted octanol–water partition coefficient (Wildman–Crippen LogP) is 0.376. The van der Waals surface area contributed by atoms with Crippen LogP contribution in [0.2, 0.25) is 0 Å². The monoisotopic (exact) mass is 203 g/mol. The number of nitriles is 1. The van der Waals surface area contributed by atoms with Crippen molar-refractivity contribution < 1.29 is 9.82 Å². The zero-order valence-electron chi connectivity index (χ0n) is 7.81. The number of aliphatic imine (C=N–C) groups is 1. The minimum atomic E-state index is -0.355. The molecule has 0 fully saturated rings. The third-order valence-corrected chi connectivity index (χ3v) is 1.96. The molecule has 2 N–H and O–H groups in total. The van der Waals surface area contributed by atoms with Gasteiger partial charge < -0.3 is 0 Å². The fourth-order valence-electron chi connectivity index (χ4n) is 1.27. The Hall–Kier alpha value is -2.06. The number of hydrogen-bond donors (Lipinski definition) is 1. The van der Waals surface area contributed by atoms with Crippen molar-refractivity contribution in [3.63, 3.8) is 0 Å². The number of nitrogens with zero attached hydrogens (tertiary/aromatic N) is 3. The molecule has 0 amide bonds. The second-order valence-electron chi connectivity index (χ2n) is 3.00. The first-order valence-corrected chi connectivity index (χ1v) is 4.41. The summed E-state index contributed by atoms with van der Waals surface area (Å²) in [5.41, 5.74) is 1.85. The first kappa shape index (κ1) is 9.49. The lowest BCUT2D eigenvalue weighted by Gasteiger charge is -1.95. The maximum Gasteiger partial charge on any atom is 0.242 e. The van der Waals surface area contributed by atoms with E-state index in [0.717, 1.165) is 0 Å². The van der Waals surface area contributed by atoms with Gasteiger partial charge in [0, 0.05) is 0 Å². The maximum atomic E-state index is 13.3. The Bertz CT molecular complexity index is 484. The average Bonchev–Trinajstić information content (AvgIpc) is 2.68. The van der Waals surface area contributed by atoms with E-state index < -0.39 is 0 Å². The highest BCUT2D eigenvalue weighted by molar-refractivity contribution is 6.06. The van der Waals surface area contributed by atoms with E-state index in [1.54, 1.807) is 18.2 Å². The molecule has 15 heavy (non-hydrogen) atoms. The molecule has 74 valence electrons. The summed E-state index contributed by atoms with van der Waals surface area (Å²) in [6.07, 6.45) is 0.196. The van der Waals surface area contributed by atoms with Gasteiger partial charge >= 0.3 is 0 Å². The Morgan fingerprint density at radius 1 is 1.40 bits per heavy atom. The average molecular weight is 203 g/mol. The first-order chi connectivity index (χ1) is 7.31. The summed E-state index contributed by atoms with van der Waals surface area (Å²) >= 11 is 0. The zero-order valence-corrected chi connectivity index (χ0v) is 7.81. The third kappa shape index (κ3) is 1.90. The molecule has 0 atom stereocenters. The molecule has 1 aliphatic rings. The largest absolute Gasteiger partial charge is 0.242 e. The van der Waals surface area contributed by atoms with E-state index in [2.05, 4.69) is 10.1 Å². The number of hydrogen-bond acceptors (Lipinski definition) is 3. The highest BCUT2D eigenvalue weighted by atomic mass is 19.1. The molecule has 1 heterocycles. The quantitative estimate of drug-likeness (QED) is 0.693. The Morgan fingerprint density at radius 3 is 2.93 bits per heavy atom. The smallest absolute Gasteiger partial charge is 0.206 e. The number of halogens is 1. The first-order valence-electron chi connectivity index (χ1n) is 4.41. The van der Waals surface area contributed by atoms with Crippen LogP contribution in [-0.2, 0) is 0 Å². The fourth-order valence-corrected chi connectivity index (χ4v) is 1.27. The zero-order chi connectivity index (χ0) is 10.7. The van der Waals surface area contributed by atoms with Gasteiger partial charge in [0.1, 0.15) is 12.2 Å². The molecule has 0 saturated heterocycles. The van der Waals surface area contributed by atoms with Gasteiger partial charge in [-0.1, -0.05) is 17.2 Å². The Kier molecular flexibility index (Phi) is 2.52. The van der Waals surface area contributed by atoms with Gasteiger partial charge in [-0.3, -0.25) is 0 Å². The molecule has 0 spiro atoms. The molecule has 1 aromatic rings. The van der Waals surface area contributed by atoms with Crippen molar-refractivity contribution in [2.24, 2.45) is 10.1 Å². The van der Waals surface area contributed by atoms with Gasteiger partial charge in [0.05, 0.1) is 11.6 Å². The molecule has 0 unspecified atom stereocenters. The van der Waals surface area contributed by atoms with Gasteiger partial charge in [-0.15, -0.1) is 0 Å². The Labute approximate surface area is 85.8 Å². The molecule has 1 aromatic carbocycles. The van der Waals surface area contributed by atoms with Gasteiger partial charge in [-0.2, -0.15) is 15.7 Å². The van der Waals surface area contributed by atoms with Crippen molar-refractivity contribution in [1.29, 1.82) is 5.26 Å². The molecule has 0 saturated carbocycles. The van der Waals surface area contributed by atoms with E-state index in [1.807, 2.05) is 6.07 Å². The summed E-state index contributed by atoms with van der Waals surface area (Å²) in [5, 5.41) is 12.4. The van der Waals surface area contributed by atoms with Crippen LogP contribution in [0.5, 0.6) is 0 Å². The van der Waals surface area contributed by atoms with E-state index in [1.165, 1.54) is 11.5 Å². The van der Waals surface area contributed by atoms with Gasteiger partial charge in [-0.25, -0.2) is 4.39 Å². The predicted molar refractivity (Wildman–Crippen MR) is 52.5 cm³/mol. The third-order valence-electron chi connectivity index (χ3n) is 1.96. The second-order valence-corrected chi connectivity index (χ2v) is 3.00. The van der Waals surface area contributed by atoms with Crippen LogP contribution in [-0.4, -0.2) is 11.7 Å². The highest BCUT2D eigenvalue weighted by Crippen LogP contribution is 2.09.